The van der Waals surface area contributed by atoms with Crippen LogP contribution in [0.2, 0.25) is 0 Å². The van der Waals surface area contributed by atoms with Gasteiger partial charge in [-0.1, -0.05) is 29.8 Å². The van der Waals surface area contributed by atoms with E-state index < -0.39 is 0 Å². The smallest absolute Gasteiger partial charge is 0.220 e. The van der Waals surface area contributed by atoms with E-state index in [0.29, 0.717) is 19.5 Å². The summed E-state index contributed by atoms with van der Waals surface area (Å²) in [4.78, 5) is 25.2. The van der Waals surface area contributed by atoms with Crippen LogP contribution in [0.3, 0.4) is 0 Å². The van der Waals surface area contributed by atoms with E-state index in [1.807, 2.05) is 30.0 Å². The average Bonchev–Trinajstić information content (AvgIpc) is 2.85. The van der Waals surface area contributed by atoms with Gasteiger partial charge in [-0.05, 0) is 25.8 Å². The monoisotopic (exact) mass is 274 g/mol. The highest BCUT2D eigenvalue weighted by atomic mass is 16.2. The Bertz CT molecular complexity index is 513. The fourth-order valence-corrected chi connectivity index (χ4v) is 2.77. The molecule has 2 atom stereocenters. The fraction of sp³-hybridized carbons (Fsp3) is 0.500. The van der Waals surface area contributed by atoms with Gasteiger partial charge in [0.05, 0.1) is 6.04 Å². The highest BCUT2D eigenvalue weighted by Crippen LogP contribution is 2.18. The highest BCUT2D eigenvalue weighted by Gasteiger charge is 2.32. The molecule has 0 saturated carbocycles. The molecule has 20 heavy (non-hydrogen) atoms. The molecular weight excluding hydrogens is 252 g/mol. The molecule has 0 spiro atoms. The number of aryl methyl sites for hydroxylation is 1. The molecule has 0 aromatic heterocycles. The van der Waals surface area contributed by atoms with Gasteiger partial charge in [0.2, 0.25) is 5.91 Å². The molecule has 1 aromatic rings. The number of nitrogens with one attached hydrogen (secondary N) is 1. The maximum absolute atomic E-state index is 11.9. The number of rotatable bonds is 4. The zero-order valence-corrected chi connectivity index (χ0v) is 12.3. The van der Waals surface area contributed by atoms with Gasteiger partial charge in [-0.15, -0.1) is 0 Å². The van der Waals surface area contributed by atoms with E-state index in [9.17, 15) is 9.59 Å². The van der Waals surface area contributed by atoms with Crippen molar-refractivity contribution in [1.82, 2.24) is 10.2 Å². The highest BCUT2D eigenvalue weighted by molar-refractivity contribution is 5.82. The van der Waals surface area contributed by atoms with Gasteiger partial charge in [-0.25, -0.2) is 0 Å². The summed E-state index contributed by atoms with van der Waals surface area (Å²) in [6, 6.07) is 8.18. The van der Waals surface area contributed by atoms with E-state index in [0.717, 1.165) is 5.56 Å². The molecule has 0 radical (unpaired) electrons. The molecule has 4 heteroatoms. The van der Waals surface area contributed by atoms with E-state index in [4.69, 9.17) is 0 Å². The summed E-state index contributed by atoms with van der Waals surface area (Å²) >= 11 is 0. The molecule has 1 saturated heterocycles. The maximum atomic E-state index is 11.9. The minimum absolute atomic E-state index is 0.0579. The maximum Gasteiger partial charge on any atom is 0.220 e. The van der Waals surface area contributed by atoms with Gasteiger partial charge in [0, 0.05) is 26.1 Å². The Balaban J connectivity index is 2.08. The number of benzene rings is 1. The summed E-state index contributed by atoms with van der Waals surface area (Å²) in [5.41, 5.74) is 2.32. The van der Waals surface area contributed by atoms with E-state index in [1.54, 1.807) is 13.8 Å². The van der Waals surface area contributed by atoms with Crippen molar-refractivity contribution in [3.8, 4) is 0 Å². The third-order valence-electron chi connectivity index (χ3n) is 3.88. The number of amides is 1. The molecule has 1 amide bonds. The molecular formula is C16H22N2O2. The molecule has 1 aliphatic rings. The van der Waals surface area contributed by atoms with Gasteiger partial charge in [0.1, 0.15) is 5.78 Å². The van der Waals surface area contributed by atoms with Crippen LogP contribution >= 0.6 is 0 Å². The van der Waals surface area contributed by atoms with Crippen molar-refractivity contribution in [2.75, 3.05) is 6.54 Å². The number of hydrogen-bond acceptors (Lipinski definition) is 3. The molecule has 0 bridgehead atoms. The number of hydrogen-bond donors (Lipinski definition) is 1. The van der Waals surface area contributed by atoms with Crippen LogP contribution in [0, 0.1) is 6.92 Å². The van der Waals surface area contributed by atoms with E-state index >= 15 is 0 Å². The van der Waals surface area contributed by atoms with Crippen molar-refractivity contribution in [1.29, 1.82) is 0 Å². The first kappa shape index (κ1) is 14.7. The van der Waals surface area contributed by atoms with Crippen molar-refractivity contribution < 1.29 is 9.59 Å². The van der Waals surface area contributed by atoms with Crippen LogP contribution in [0.5, 0.6) is 0 Å². The van der Waals surface area contributed by atoms with E-state index in [2.05, 4.69) is 11.4 Å². The van der Waals surface area contributed by atoms with Crippen LogP contribution in [0.1, 0.15) is 31.4 Å². The lowest BCUT2D eigenvalue weighted by Gasteiger charge is -2.27. The number of Topliss-reactive ketones (excluding diaryl/α,β-unsaturated/α-hetero) is 1. The molecule has 1 aromatic carbocycles. The topological polar surface area (TPSA) is 49.4 Å². The summed E-state index contributed by atoms with van der Waals surface area (Å²) < 4.78 is 0. The van der Waals surface area contributed by atoms with Crippen molar-refractivity contribution >= 4 is 11.7 Å². The SMILES string of the molecule is CC(=O)[C@@H]1C[C@H](N(Cc2cccc(C)c2)C(C)=O)CN1. The fourth-order valence-electron chi connectivity index (χ4n) is 2.77. The number of carbonyl (C=O) groups is 2. The summed E-state index contributed by atoms with van der Waals surface area (Å²) in [6.45, 7) is 6.53. The Kier molecular flexibility index (Phi) is 4.55. The second-order valence-corrected chi connectivity index (χ2v) is 5.60. The number of carbonyl (C=O) groups excluding carboxylic acids is 2. The summed E-state index contributed by atoms with van der Waals surface area (Å²) in [5.74, 6) is 0.203. The Morgan fingerprint density at radius 2 is 2.10 bits per heavy atom. The van der Waals surface area contributed by atoms with Crippen molar-refractivity contribution in [2.45, 2.75) is 45.8 Å². The second kappa shape index (κ2) is 6.18. The predicted molar refractivity (Wildman–Crippen MR) is 78.3 cm³/mol. The Hall–Kier alpha value is -1.68. The van der Waals surface area contributed by atoms with Crippen molar-refractivity contribution in [2.24, 2.45) is 0 Å². The van der Waals surface area contributed by atoms with Crippen LogP contribution in [0.15, 0.2) is 24.3 Å². The van der Waals surface area contributed by atoms with Crippen LogP contribution in [-0.4, -0.2) is 35.2 Å². The lowest BCUT2D eigenvalue weighted by atomic mass is 10.1. The minimum atomic E-state index is -0.112. The van der Waals surface area contributed by atoms with Crippen molar-refractivity contribution in [3.63, 3.8) is 0 Å². The number of ketones is 1. The molecule has 4 nitrogen and oxygen atoms in total. The lowest BCUT2D eigenvalue weighted by Crippen LogP contribution is -2.39. The molecule has 2 rings (SSSR count). The van der Waals surface area contributed by atoms with Crippen LogP contribution in [-0.2, 0) is 16.1 Å². The van der Waals surface area contributed by atoms with Gasteiger partial charge in [-0.3, -0.25) is 9.59 Å². The molecule has 0 unspecified atom stereocenters. The number of nitrogens with zero attached hydrogens (tertiary/aromatic N) is 1. The van der Waals surface area contributed by atoms with Crippen molar-refractivity contribution in [3.05, 3.63) is 35.4 Å². The quantitative estimate of drug-likeness (QED) is 0.908. The predicted octanol–water partition coefficient (Wildman–Crippen LogP) is 1.66. The van der Waals surface area contributed by atoms with Gasteiger partial charge in [0.25, 0.3) is 0 Å². The van der Waals surface area contributed by atoms with Gasteiger partial charge < -0.3 is 10.2 Å². The summed E-state index contributed by atoms with van der Waals surface area (Å²) in [6.07, 6.45) is 0.709. The largest absolute Gasteiger partial charge is 0.334 e. The van der Waals surface area contributed by atoms with E-state index in [1.165, 1.54) is 5.56 Å². The minimum Gasteiger partial charge on any atom is -0.334 e. The summed E-state index contributed by atoms with van der Waals surface area (Å²) in [7, 11) is 0. The zero-order chi connectivity index (χ0) is 14.7. The standard InChI is InChI=1S/C16H22N2O2/c1-11-5-4-6-14(7-11)10-18(13(3)20)15-8-16(12(2)19)17-9-15/h4-7,15-17H,8-10H2,1-3H3/t15-,16-/m0/s1. The second-order valence-electron chi connectivity index (χ2n) is 5.60. The van der Waals surface area contributed by atoms with Crippen LogP contribution in [0.4, 0.5) is 0 Å². The third kappa shape index (κ3) is 3.45. The Morgan fingerprint density at radius 3 is 2.65 bits per heavy atom. The first-order chi connectivity index (χ1) is 9.47. The first-order valence-corrected chi connectivity index (χ1v) is 7.04. The molecule has 108 valence electrons. The molecule has 1 fully saturated rings. The Morgan fingerprint density at radius 1 is 1.35 bits per heavy atom. The van der Waals surface area contributed by atoms with Crippen LogP contribution < -0.4 is 5.32 Å². The third-order valence-corrected chi connectivity index (χ3v) is 3.88. The van der Waals surface area contributed by atoms with Gasteiger partial charge in [-0.2, -0.15) is 0 Å². The normalized spacial score (nSPS) is 21.8. The summed E-state index contributed by atoms with van der Waals surface area (Å²) in [5, 5.41) is 3.20. The zero-order valence-electron chi connectivity index (χ0n) is 12.3. The molecule has 0 aliphatic carbocycles. The molecule has 1 heterocycles. The first-order valence-electron chi connectivity index (χ1n) is 7.04. The average molecular weight is 274 g/mol. The van der Waals surface area contributed by atoms with Gasteiger partial charge in [0.15, 0.2) is 0 Å². The Labute approximate surface area is 120 Å². The van der Waals surface area contributed by atoms with Gasteiger partial charge >= 0.3 is 0 Å². The van der Waals surface area contributed by atoms with E-state index in [-0.39, 0.29) is 23.8 Å². The lowest BCUT2D eigenvalue weighted by molar-refractivity contribution is -0.131. The molecule has 1 aliphatic heterocycles. The van der Waals surface area contributed by atoms with Crippen LogP contribution in [0.25, 0.3) is 0 Å². The molecule has 1 N–H and O–H groups in total.